The molecule has 0 aliphatic carbocycles. The number of benzene rings is 1. The van der Waals surface area contributed by atoms with Crippen molar-refractivity contribution < 1.29 is 14.2 Å². The Morgan fingerprint density at radius 2 is 1.74 bits per heavy atom. The second-order valence-corrected chi connectivity index (χ2v) is 5.24. The molecule has 0 spiro atoms. The largest absolute Gasteiger partial charge is 0.497 e. The summed E-state index contributed by atoms with van der Waals surface area (Å²) in [7, 11) is 4.89. The van der Waals surface area contributed by atoms with Crippen molar-refractivity contribution in [1.29, 1.82) is 0 Å². The van der Waals surface area contributed by atoms with E-state index in [4.69, 9.17) is 25.8 Å². The Kier molecular flexibility index (Phi) is 4.56. The zero-order valence-electron chi connectivity index (χ0n) is 11.0. The molecule has 1 atom stereocenters. The normalized spacial score (nSPS) is 12.0. The van der Waals surface area contributed by atoms with Gasteiger partial charge in [-0.05, 0) is 18.2 Å². The lowest BCUT2D eigenvalue weighted by atomic mass is 10.1. The Labute approximate surface area is 121 Å². The molecule has 0 aliphatic heterocycles. The molecule has 3 nitrogen and oxygen atoms in total. The Balaban J connectivity index is 2.34. The molecule has 2 aromatic rings. The van der Waals surface area contributed by atoms with Crippen molar-refractivity contribution in [2.24, 2.45) is 0 Å². The molecule has 0 saturated carbocycles. The predicted molar refractivity (Wildman–Crippen MR) is 78.1 cm³/mol. The third-order valence-corrected chi connectivity index (χ3v) is 4.37. The molecule has 1 heterocycles. The molecule has 0 amide bonds. The van der Waals surface area contributed by atoms with Gasteiger partial charge in [0, 0.05) is 21.9 Å². The molecule has 102 valence electrons. The first-order valence-corrected chi connectivity index (χ1v) is 6.99. The maximum Gasteiger partial charge on any atom is 0.129 e. The zero-order valence-corrected chi connectivity index (χ0v) is 12.5. The smallest absolute Gasteiger partial charge is 0.129 e. The first-order chi connectivity index (χ1) is 9.19. The van der Waals surface area contributed by atoms with Crippen molar-refractivity contribution in [2.75, 3.05) is 21.3 Å². The number of ether oxygens (including phenoxy) is 3. The van der Waals surface area contributed by atoms with Gasteiger partial charge in [0.05, 0.1) is 26.7 Å². The van der Waals surface area contributed by atoms with E-state index in [-0.39, 0.29) is 5.38 Å². The molecular weight excluding hydrogens is 284 g/mol. The molecule has 0 aliphatic rings. The maximum atomic E-state index is 6.52. The number of halogens is 1. The van der Waals surface area contributed by atoms with Gasteiger partial charge in [0.1, 0.15) is 17.2 Å². The van der Waals surface area contributed by atoms with Gasteiger partial charge in [-0.2, -0.15) is 0 Å². The van der Waals surface area contributed by atoms with Gasteiger partial charge in [-0.1, -0.05) is 0 Å². The van der Waals surface area contributed by atoms with Crippen LogP contribution in [0.15, 0.2) is 29.6 Å². The van der Waals surface area contributed by atoms with Crippen LogP contribution in [0.4, 0.5) is 0 Å². The average Bonchev–Trinajstić information content (AvgIpc) is 2.94. The Bertz CT molecular complexity index is 553. The summed E-state index contributed by atoms with van der Waals surface area (Å²) in [6, 6.07) is 7.56. The van der Waals surface area contributed by atoms with E-state index in [2.05, 4.69) is 0 Å². The summed E-state index contributed by atoms with van der Waals surface area (Å²) in [5, 5.41) is 1.66. The molecule has 0 bridgehead atoms. The lowest BCUT2D eigenvalue weighted by Crippen LogP contribution is -1.96. The first-order valence-electron chi connectivity index (χ1n) is 5.68. The first kappa shape index (κ1) is 14.0. The highest BCUT2D eigenvalue weighted by molar-refractivity contribution is 7.10. The number of methoxy groups -OCH3 is 3. The Morgan fingerprint density at radius 1 is 1.00 bits per heavy atom. The summed E-state index contributed by atoms with van der Waals surface area (Å²) in [5.41, 5.74) is 0.912. The van der Waals surface area contributed by atoms with Crippen LogP contribution in [-0.2, 0) is 0 Å². The third-order valence-electron chi connectivity index (χ3n) is 2.79. The van der Waals surface area contributed by atoms with E-state index < -0.39 is 0 Å². The van der Waals surface area contributed by atoms with Crippen molar-refractivity contribution >= 4 is 22.9 Å². The number of hydrogen-bond acceptors (Lipinski definition) is 4. The van der Waals surface area contributed by atoms with Gasteiger partial charge >= 0.3 is 0 Å². The van der Waals surface area contributed by atoms with Crippen LogP contribution >= 0.6 is 22.9 Å². The van der Waals surface area contributed by atoms with Crippen molar-refractivity contribution in [1.82, 2.24) is 0 Å². The van der Waals surface area contributed by atoms with Crippen molar-refractivity contribution in [3.63, 3.8) is 0 Å². The fourth-order valence-corrected chi connectivity index (χ4v) is 3.00. The number of alkyl halides is 1. The molecule has 1 aromatic carbocycles. The van der Waals surface area contributed by atoms with E-state index in [1.165, 1.54) is 0 Å². The lowest BCUT2D eigenvalue weighted by molar-refractivity contribution is 0.391. The van der Waals surface area contributed by atoms with E-state index in [1.54, 1.807) is 32.7 Å². The lowest BCUT2D eigenvalue weighted by Gasteiger charge is -2.13. The average molecular weight is 299 g/mol. The van der Waals surface area contributed by atoms with Gasteiger partial charge in [-0.3, -0.25) is 0 Å². The molecule has 5 heteroatoms. The molecule has 0 saturated heterocycles. The summed E-state index contributed by atoms with van der Waals surface area (Å²) < 4.78 is 15.7. The highest BCUT2D eigenvalue weighted by Gasteiger charge is 2.18. The van der Waals surface area contributed by atoms with Crippen LogP contribution in [0, 0.1) is 0 Å². The Morgan fingerprint density at radius 3 is 2.32 bits per heavy atom. The summed E-state index contributed by atoms with van der Waals surface area (Å²) in [5.74, 6) is 2.28. The highest BCUT2D eigenvalue weighted by atomic mass is 35.5. The minimum Gasteiger partial charge on any atom is -0.497 e. The fraction of sp³-hybridized carbons (Fsp3) is 0.286. The molecule has 0 fully saturated rings. The van der Waals surface area contributed by atoms with Crippen LogP contribution in [-0.4, -0.2) is 21.3 Å². The summed E-state index contributed by atoms with van der Waals surface area (Å²) >= 11 is 8.08. The second kappa shape index (κ2) is 6.17. The summed E-state index contributed by atoms with van der Waals surface area (Å²) in [6.45, 7) is 0. The minimum atomic E-state index is -0.269. The van der Waals surface area contributed by atoms with Gasteiger partial charge < -0.3 is 14.2 Å². The zero-order chi connectivity index (χ0) is 13.8. The van der Waals surface area contributed by atoms with Crippen molar-refractivity contribution in [3.8, 4) is 17.2 Å². The van der Waals surface area contributed by atoms with Gasteiger partial charge in [0.15, 0.2) is 0 Å². The monoisotopic (exact) mass is 298 g/mol. The molecule has 19 heavy (non-hydrogen) atoms. The van der Waals surface area contributed by atoms with E-state index in [0.29, 0.717) is 5.75 Å². The molecule has 2 rings (SSSR count). The summed E-state index contributed by atoms with van der Waals surface area (Å²) in [4.78, 5) is 1.02. The SMILES string of the molecule is COc1csc(C(Cl)c2ccc(OC)cc2OC)c1. The van der Waals surface area contributed by atoms with Crippen LogP contribution in [0.2, 0.25) is 0 Å². The van der Waals surface area contributed by atoms with Crippen molar-refractivity contribution in [2.45, 2.75) is 5.38 Å². The fourth-order valence-electron chi connectivity index (χ4n) is 1.76. The number of thiophene rings is 1. The summed E-state index contributed by atoms with van der Waals surface area (Å²) in [6.07, 6.45) is 0. The van der Waals surface area contributed by atoms with Gasteiger partial charge in [0.2, 0.25) is 0 Å². The van der Waals surface area contributed by atoms with Gasteiger partial charge in [-0.15, -0.1) is 22.9 Å². The standard InChI is InChI=1S/C14H15ClO3S/c1-16-9-4-5-11(12(6-9)18-3)14(15)13-7-10(17-2)8-19-13/h4-8,14H,1-3H3. The highest BCUT2D eigenvalue weighted by Crippen LogP contribution is 2.40. The van der Waals surface area contributed by atoms with E-state index in [9.17, 15) is 0 Å². The van der Waals surface area contributed by atoms with Crippen LogP contribution in [0.5, 0.6) is 17.2 Å². The molecule has 1 aromatic heterocycles. The minimum absolute atomic E-state index is 0.269. The topological polar surface area (TPSA) is 27.7 Å². The van der Waals surface area contributed by atoms with Gasteiger partial charge in [0.25, 0.3) is 0 Å². The number of hydrogen-bond donors (Lipinski definition) is 0. The molecule has 0 N–H and O–H groups in total. The van der Waals surface area contributed by atoms with Crippen LogP contribution in [0.1, 0.15) is 15.8 Å². The van der Waals surface area contributed by atoms with E-state index >= 15 is 0 Å². The van der Waals surface area contributed by atoms with Crippen LogP contribution in [0.25, 0.3) is 0 Å². The molecular formula is C14H15ClO3S. The van der Waals surface area contributed by atoms with E-state index in [0.717, 1.165) is 21.9 Å². The van der Waals surface area contributed by atoms with Crippen LogP contribution < -0.4 is 14.2 Å². The Hall–Kier alpha value is -1.39. The van der Waals surface area contributed by atoms with Crippen molar-refractivity contribution in [3.05, 3.63) is 40.1 Å². The predicted octanol–water partition coefficient (Wildman–Crippen LogP) is 4.10. The molecule has 0 radical (unpaired) electrons. The molecule has 1 unspecified atom stereocenters. The maximum absolute atomic E-state index is 6.52. The second-order valence-electron chi connectivity index (χ2n) is 3.86. The number of rotatable bonds is 5. The van der Waals surface area contributed by atoms with Crippen LogP contribution in [0.3, 0.4) is 0 Å². The third kappa shape index (κ3) is 2.96. The van der Waals surface area contributed by atoms with E-state index in [1.807, 2.05) is 29.6 Å². The van der Waals surface area contributed by atoms with Gasteiger partial charge in [-0.25, -0.2) is 0 Å². The quantitative estimate of drug-likeness (QED) is 0.778.